The Morgan fingerprint density at radius 2 is 1.77 bits per heavy atom. The van der Waals surface area contributed by atoms with Gasteiger partial charge >= 0.3 is 0 Å². The largest absolute Gasteiger partial charge is 0.390 e. The third-order valence-corrected chi connectivity index (χ3v) is 4.03. The minimum Gasteiger partial charge on any atom is -0.390 e. The monoisotopic (exact) mass is 308 g/mol. The fourth-order valence-corrected chi connectivity index (χ4v) is 2.68. The van der Waals surface area contributed by atoms with Gasteiger partial charge in [-0.1, -0.05) is 17.7 Å². The molecular formula is C15H20N2O5. The highest BCUT2D eigenvalue weighted by Crippen LogP contribution is 2.26. The van der Waals surface area contributed by atoms with Crippen molar-refractivity contribution < 1.29 is 25.0 Å². The van der Waals surface area contributed by atoms with Crippen LogP contribution >= 0.6 is 0 Å². The van der Waals surface area contributed by atoms with Gasteiger partial charge in [-0.3, -0.25) is 14.8 Å². The molecule has 0 aromatic heterocycles. The summed E-state index contributed by atoms with van der Waals surface area (Å²) in [7, 11) is 0. The SMILES string of the molecule is Cc1ccc(C(=O)NC2C(C(=O)NO)CCC(O)C2O)cc1. The summed E-state index contributed by atoms with van der Waals surface area (Å²) in [6.07, 6.45) is -1.82. The topological polar surface area (TPSA) is 119 Å². The second-order valence-electron chi connectivity index (χ2n) is 5.58. The Bertz CT molecular complexity index is 545. The summed E-state index contributed by atoms with van der Waals surface area (Å²) in [6.45, 7) is 1.89. The molecule has 1 aliphatic carbocycles. The Hall–Kier alpha value is -1.96. The van der Waals surface area contributed by atoms with Crippen molar-refractivity contribution in [3.63, 3.8) is 0 Å². The summed E-state index contributed by atoms with van der Waals surface area (Å²) in [5.74, 6) is -1.95. The van der Waals surface area contributed by atoms with Crippen molar-refractivity contribution in [3.8, 4) is 0 Å². The summed E-state index contributed by atoms with van der Waals surface area (Å²) in [5.41, 5.74) is 2.93. The number of carbonyl (C=O) groups is 2. The predicted octanol–water partition coefficient (Wildman–Crippen LogP) is -0.269. The molecule has 4 atom stereocenters. The van der Waals surface area contributed by atoms with E-state index < -0.39 is 36.0 Å². The van der Waals surface area contributed by atoms with Crippen LogP contribution in [0.3, 0.4) is 0 Å². The highest BCUT2D eigenvalue weighted by atomic mass is 16.5. The maximum absolute atomic E-state index is 12.2. The molecule has 7 heteroatoms. The number of benzene rings is 1. The number of hydrogen-bond acceptors (Lipinski definition) is 5. The van der Waals surface area contributed by atoms with Crippen LogP contribution in [-0.4, -0.2) is 45.5 Å². The molecule has 7 nitrogen and oxygen atoms in total. The van der Waals surface area contributed by atoms with Crippen LogP contribution in [0.1, 0.15) is 28.8 Å². The number of aryl methyl sites for hydroxylation is 1. The molecule has 120 valence electrons. The third kappa shape index (κ3) is 3.44. The summed E-state index contributed by atoms with van der Waals surface area (Å²) in [4.78, 5) is 23.9. The second kappa shape index (κ2) is 6.87. The molecule has 1 saturated carbocycles. The van der Waals surface area contributed by atoms with Crippen LogP contribution in [0.2, 0.25) is 0 Å². The Morgan fingerprint density at radius 3 is 2.36 bits per heavy atom. The summed E-state index contributed by atoms with van der Waals surface area (Å²) >= 11 is 0. The van der Waals surface area contributed by atoms with E-state index in [-0.39, 0.29) is 12.8 Å². The first-order valence-electron chi connectivity index (χ1n) is 7.11. The number of aliphatic hydroxyl groups excluding tert-OH is 2. The average Bonchev–Trinajstić information content (AvgIpc) is 2.52. The minimum atomic E-state index is -1.27. The molecule has 5 N–H and O–H groups in total. The standard InChI is InChI=1S/C15H20N2O5/c1-8-2-4-9(5-3-8)14(20)16-12-10(15(21)17-22)6-7-11(18)13(12)19/h2-5,10-13,18-19,22H,6-7H2,1H3,(H,16,20)(H,17,21). The normalized spacial score (nSPS) is 28.0. The smallest absolute Gasteiger partial charge is 0.251 e. The second-order valence-corrected chi connectivity index (χ2v) is 5.58. The fourth-order valence-electron chi connectivity index (χ4n) is 2.68. The van der Waals surface area contributed by atoms with Gasteiger partial charge in [-0.2, -0.15) is 0 Å². The Balaban J connectivity index is 2.16. The van der Waals surface area contributed by atoms with E-state index in [0.717, 1.165) is 5.56 Å². The fraction of sp³-hybridized carbons (Fsp3) is 0.467. The van der Waals surface area contributed by atoms with Gasteiger partial charge in [0.1, 0.15) is 6.10 Å². The lowest BCUT2D eigenvalue weighted by Gasteiger charge is -2.37. The first-order chi connectivity index (χ1) is 10.4. The zero-order valence-corrected chi connectivity index (χ0v) is 12.2. The summed E-state index contributed by atoms with van der Waals surface area (Å²) in [6, 6.07) is 5.86. The number of hydroxylamine groups is 1. The van der Waals surface area contributed by atoms with E-state index >= 15 is 0 Å². The molecule has 22 heavy (non-hydrogen) atoms. The average molecular weight is 308 g/mol. The van der Waals surface area contributed by atoms with Gasteiger partial charge in [-0.25, -0.2) is 5.48 Å². The Kier molecular flexibility index (Phi) is 5.12. The van der Waals surface area contributed by atoms with Gasteiger partial charge in [0.15, 0.2) is 0 Å². The van der Waals surface area contributed by atoms with Crippen LogP contribution in [-0.2, 0) is 4.79 Å². The van der Waals surface area contributed by atoms with E-state index in [4.69, 9.17) is 5.21 Å². The molecular weight excluding hydrogens is 288 g/mol. The number of nitrogens with one attached hydrogen (secondary N) is 2. The minimum absolute atomic E-state index is 0.218. The van der Waals surface area contributed by atoms with Crippen molar-refractivity contribution in [2.75, 3.05) is 0 Å². The van der Waals surface area contributed by atoms with E-state index in [1.54, 1.807) is 24.3 Å². The van der Waals surface area contributed by atoms with Crippen LogP contribution in [0.15, 0.2) is 24.3 Å². The van der Waals surface area contributed by atoms with Crippen molar-refractivity contribution in [1.82, 2.24) is 10.8 Å². The maximum Gasteiger partial charge on any atom is 0.251 e. The van der Waals surface area contributed by atoms with E-state index in [1.165, 1.54) is 5.48 Å². The number of amides is 2. The van der Waals surface area contributed by atoms with Crippen LogP contribution in [0.4, 0.5) is 0 Å². The molecule has 1 aliphatic rings. The molecule has 0 saturated heterocycles. The quantitative estimate of drug-likeness (QED) is 0.389. The van der Waals surface area contributed by atoms with Crippen LogP contribution in [0.25, 0.3) is 0 Å². The van der Waals surface area contributed by atoms with Gasteiger partial charge in [0, 0.05) is 5.56 Å². The van der Waals surface area contributed by atoms with Gasteiger partial charge in [0.2, 0.25) is 5.91 Å². The lowest BCUT2D eigenvalue weighted by molar-refractivity contribution is -0.140. The highest BCUT2D eigenvalue weighted by molar-refractivity contribution is 5.95. The predicted molar refractivity (Wildman–Crippen MR) is 77.1 cm³/mol. The summed E-state index contributed by atoms with van der Waals surface area (Å²) in [5, 5.41) is 31.2. The first kappa shape index (κ1) is 16.4. The number of aliphatic hydroxyl groups is 2. The highest BCUT2D eigenvalue weighted by Gasteiger charge is 2.42. The molecule has 0 bridgehead atoms. The van der Waals surface area contributed by atoms with Gasteiger partial charge in [0.05, 0.1) is 18.1 Å². The summed E-state index contributed by atoms with van der Waals surface area (Å²) < 4.78 is 0. The van der Waals surface area contributed by atoms with Gasteiger partial charge in [-0.05, 0) is 31.9 Å². The Labute approximate surface area is 127 Å². The molecule has 0 aliphatic heterocycles. The van der Waals surface area contributed by atoms with Crippen molar-refractivity contribution in [3.05, 3.63) is 35.4 Å². The van der Waals surface area contributed by atoms with E-state index in [2.05, 4.69) is 5.32 Å². The lowest BCUT2D eigenvalue weighted by Crippen LogP contribution is -2.58. The van der Waals surface area contributed by atoms with Crippen LogP contribution in [0, 0.1) is 12.8 Å². The van der Waals surface area contributed by atoms with E-state index in [0.29, 0.717) is 5.56 Å². The molecule has 0 heterocycles. The zero-order chi connectivity index (χ0) is 16.3. The molecule has 2 amide bonds. The molecule has 1 aromatic carbocycles. The van der Waals surface area contributed by atoms with Crippen LogP contribution in [0.5, 0.6) is 0 Å². The van der Waals surface area contributed by atoms with E-state index in [1.807, 2.05) is 6.92 Å². The molecule has 1 aromatic rings. The molecule has 0 radical (unpaired) electrons. The molecule has 2 rings (SSSR count). The van der Waals surface area contributed by atoms with Crippen molar-refractivity contribution in [2.45, 2.75) is 38.0 Å². The van der Waals surface area contributed by atoms with Gasteiger partial charge in [-0.15, -0.1) is 0 Å². The van der Waals surface area contributed by atoms with Crippen molar-refractivity contribution in [2.24, 2.45) is 5.92 Å². The van der Waals surface area contributed by atoms with Crippen molar-refractivity contribution >= 4 is 11.8 Å². The number of hydrogen-bond donors (Lipinski definition) is 5. The number of carbonyl (C=O) groups excluding carboxylic acids is 2. The van der Waals surface area contributed by atoms with Crippen LogP contribution < -0.4 is 10.8 Å². The maximum atomic E-state index is 12.2. The van der Waals surface area contributed by atoms with Gasteiger partial charge in [0.25, 0.3) is 5.91 Å². The Morgan fingerprint density at radius 1 is 1.14 bits per heavy atom. The van der Waals surface area contributed by atoms with E-state index in [9.17, 15) is 19.8 Å². The lowest BCUT2D eigenvalue weighted by atomic mass is 9.80. The third-order valence-electron chi connectivity index (χ3n) is 4.03. The van der Waals surface area contributed by atoms with Crippen molar-refractivity contribution in [1.29, 1.82) is 0 Å². The molecule has 0 spiro atoms. The molecule has 4 unspecified atom stereocenters. The number of rotatable bonds is 3. The van der Waals surface area contributed by atoms with Gasteiger partial charge < -0.3 is 15.5 Å². The first-order valence-corrected chi connectivity index (χ1v) is 7.11. The molecule has 1 fully saturated rings. The zero-order valence-electron chi connectivity index (χ0n) is 12.2.